The van der Waals surface area contributed by atoms with Gasteiger partial charge in [-0.25, -0.2) is 0 Å². The highest BCUT2D eigenvalue weighted by Gasteiger charge is 2.53. The van der Waals surface area contributed by atoms with Gasteiger partial charge in [-0.05, 0) is 64.3 Å². The van der Waals surface area contributed by atoms with E-state index in [1.165, 1.54) is 44.9 Å². The van der Waals surface area contributed by atoms with Crippen LogP contribution < -0.4 is 0 Å². The van der Waals surface area contributed by atoms with Crippen LogP contribution in [-0.4, -0.2) is 36.1 Å². The zero-order valence-corrected chi connectivity index (χ0v) is 16.2. The number of carbonyl (C=O) groups excluding carboxylic acids is 1. The van der Waals surface area contributed by atoms with Crippen LogP contribution in [0.2, 0.25) is 0 Å². The molecule has 2 aliphatic carbocycles. The zero-order valence-electron chi connectivity index (χ0n) is 16.2. The Hall–Kier alpha value is -0.830. The summed E-state index contributed by atoms with van der Waals surface area (Å²) < 4.78 is 5.69. The number of fused-ring (bicyclic) bond motifs is 2. The Morgan fingerprint density at radius 3 is 2.68 bits per heavy atom. The van der Waals surface area contributed by atoms with Gasteiger partial charge in [0.05, 0.1) is 5.92 Å². The highest BCUT2D eigenvalue weighted by Crippen LogP contribution is 2.53. The first kappa shape index (κ1) is 17.6. The summed E-state index contributed by atoms with van der Waals surface area (Å²) in [5.41, 5.74) is 0. The van der Waals surface area contributed by atoms with Crippen LogP contribution >= 0.6 is 0 Å². The van der Waals surface area contributed by atoms with E-state index in [0.29, 0.717) is 23.9 Å². The quantitative estimate of drug-likeness (QED) is 0.548. The van der Waals surface area contributed by atoms with Crippen molar-refractivity contribution in [2.24, 2.45) is 29.6 Å². The van der Waals surface area contributed by atoms with Crippen molar-refractivity contribution >= 4 is 5.97 Å². The predicted octanol–water partition coefficient (Wildman–Crippen LogP) is 4.42. The molecule has 3 heteroatoms. The van der Waals surface area contributed by atoms with Crippen LogP contribution in [0.4, 0.5) is 0 Å². The number of allylic oxidation sites excluding steroid dienone is 1. The van der Waals surface area contributed by atoms with Crippen LogP contribution in [0.1, 0.15) is 65.2 Å². The van der Waals surface area contributed by atoms with Crippen molar-refractivity contribution < 1.29 is 9.53 Å². The molecule has 2 aliphatic heterocycles. The monoisotopic (exact) mass is 345 g/mol. The van der Waals surface area contributed by atoms with Crippen molar-refractivity contribution in [1.82, 2.24) is 4.90 Å². The zero-order chi connectivity index (χ0) is 17.6. The summed E-state index contributed by atoms with van der Waals surface area (Å²) in [4.78, 5) is 14.9. The van der Waals surface area contributed by atoms with Gasteiger partial charge in [-0.1, -0.05) is 37.8 Å². The second-order valence-corrected chi connectivity index (χ2v) is 9.24. The van der Waals surface area contributed by atoms with Crippen molar-refractivity contribution in [2.75, 3.05) is 7.05 Å². The molecule has 25 heavy (non-hydrogen) atoms. The minimum Gasteiger partial charge on any atom is -0.462 e. The molecule has 0 aromatic heterocycles. The van der Waals surface area contributed by atoms with E-state index in [-0.39, 0.29) is 18.0 Å². The van der Waals surface area contributed by atoms with Crippen molar-refractivity contribution in [3.05, 3.63) is 12.2 Å². The molecule has 4 fully saturated rings. The fourth-order valence-corrected chi connectivity index (χ4v) is 6.43. The molecule has 0 bridgehead atoms. The van der Waals surface area contributed by atoms with Gasteiger partial charge in [0.15, 0.2) is 0 Å². The lowest BCUT2D eigenvalue weighted by atomic mass is 9.57. The molecule has 0 aromatic rings. The van der Waals surface area contributed by atoms with E-state index in [0.717, 1.165) is 18.3 Å². The minimum atomic E-state index is 0.0864. The number of ether oxygens (including phenoxy) is 1. The number of rotatable bonds is 2. The lowest BCUT2D eigenvalue weighted by Crippen LogP contribution is -2.44. The molecule has 0 amide bonds. The maximum atomic E-state index is 12.4. The molecule has 3 nitrogen and oxygen atoms in total. The van der Waals surface area contributed by atoms with E-state index in [9.17, 15) is 4.79 Å². The Kier molecular flexibility index (Phi) is 4.96. The van der Waals surface area contributed by atoms with E-state index in [1.807, 2.05) is 0 Å². The summed E-state index contributed by atoms with van der Waals surface area (Å²) in [6.45, 7) is 4.47. The van der Waals surface area contributed by atoms with Crippen LogP contribution in [0, 0.1) is 29.6 Å². The third-order valence-corrected chi connectivity index (χ3v) is 7.97. The smallest absolute Gasteiger partial charge is 0.309 e. The number of cyclic esters (lactones) is 1. The maximum absolute atomic E-state index is 12.4. The third kappa shape index (κ3) is 3.18. The molecule has 0 N–H and O–H groups in total. The number of likely N-dealkylation sites (N-methyl/N-ethyl adjacent to an activating group) is 1. The molecule has 4 aliphatic rings. The van der Waals surface area contributed by atoms with Gasteiger partial charge < -0.3 is 4.74 Å². The van der Waals surface area contributed by atoms with E-state index in [2.05, 4.69) is 37.9 Å². The predicted molar refractivity (Wildman–Crippen MR) is 100 cm³/mol. The van der Waals surface area contributed by atoms with Crippen molar-refractivity contribution in [3.63, 3.8) is 0 Å². The first-order chi connectivity index (χ1) is 12.1. The summed E-state index contributed by atoms with van der Waals surface area (Å²) in [5.74, 6) is 2.71. The summed E-state index contributed by atoms with van der Waals surface area (Å²) in [6, 6.07) is 1.25. The number of nitrogens with zero attached hydrogens (tertiary/aromatic N) is 1. The summed E-state index contributed by atoms with van der Waals surface area (Å²) in [5, 5.41) is 0. The van der Waals surface area contributed by atoms with E-state index < -0.39 is 0 Å². The minimum absolute atomic E-state index is 0.0864. The molecule has 8 atom stereocenters. The molecule has 0 spiro atoms. The molecule has 2 saturated carbocycles. The van der Waals surface area contributed by atoms with Gasteiger partial charge in [0, 0.05) is 18.0 Å². The van der Waals surface area contributed by atoms with Gasteiger partial charge in [0.1, 0.15) is 6.10 Å². The van der Waals surface area contributed by atoms with Gasteiger partial charge >= 0.3 is 5.97 Å². The molecule has 0 radical (unpaired) electrons. The third-order valence-electron chi connectivity index (χ3n) is 7.97. The normalized spacial score (nSPS) is 48.2. The number of esters is 1. The van der Waals surface area contributed by atoms with Gasteiger partial charge in [-0.3, -0.25) is 9.69 Å². The maximum Gasteiger partial charge on any atom is 0.309 e. The average Bonchev–Trinajstić information content (AvgIpc) is 2.89. The molecule has 5 unspecified atom stereocenters. The number of carbonyl (C=O) groups is 1. The lowest BCUT2D eigenvalue weighted by molar-refractivity contribution is -0.144. The van der Waals surface area contributed by atoms with Crippen molar-refractivity contribution in [3.8, 4) is 0 Å². The molecular weight excluding hydrogens is 310 g/mol. The van der Waals surface area contributed by atoms with Crippen molar-refractivity contribution in [2.45, 2.75) is 83.4 Å². The first-order valence-electron chi connectivity index (χ1n) is 10.7. The fraction of sp³-hybridized carbons (Fsp3) is 0.864. The Labute approximate surface area is 153 Å². The standard InChI is InChI=1S/C22H35NO2/c1-14-7-6-9-17(23(14)3)11-12-19-18-10-5-4-8-16(18)13-20-21(19)15(2)25-22(20)24/h11-12,14-21H,4-10,13H2,1-3H3/b12-11+/t14-,15-,16?,17?,18?,19+,20?,21?/m0/s1. The van der Waals surface area contributed by atoms with Gasteiger partial charge in [-0.15, -0.1) is 0 Å². The van der Waals surface area contributed by atoms with Crippen LogP contribution in [0.3, 0.4) is 0 Å². The van der Waals surface area contributed by atoms with Crippen LogP contribution in [0.15, 0.2) is 12.2 Å². The Morgan fingerprint density at radius 1 is 1.04 bits per heavy atom. The Balaban J connectivity index is 1.57. The van der Waals surface area contributed by atoms with Crippen LogP contribution in [0.25, 0.3) is 0 Å². The summed E-state index contributed by atoms with van der Waals surface area (Å²) >= 11 is 0. The lowest BCUT2D eigenvalue weighted by Gasteiger charge is -2.46. The topological polar surface area (TPSA) is 29.5 Å². The van der Waals surface area contributed by atoms with Gasteiger partial charge in [0.2, 0.25) is 0 Å². The highest BCUT2D eigenvalue weighted by molar-refractivity contribution is 5.75. The Bertz CT molecular complexity index is 530. The molecular formula is C22H35NO2. The molecule has 0 aromatic carbocycles. The molecule has 140 valence electrons. The van der Waals surface area contributed by atoms with Gasteiger partial charge in [-0.2, -0.15) is 0 Å². The van der Waals surface area contributed by atoms with E-state index in [4.69, 9.17) is 4.74 Å². The number of hydrogen-bond acceptors (Lipinski definition) is 3. The SMILES string of the molecule is C[C@@H]1OC(=O)C2CC3CCCCC3[C@@H](/C=C/C3CCC[C@H](C)N3C)C21. The largest absolute Gasteiger partial charge is 0.462 e. The Morgan fingerprint density at radius 2 is 1.84 bits per heavy atom. The van der Waals surface area contributed by atoms with E-state index in [1.54, 1.807) is 0 Å². The molecule has 4 rings (SSSR count). The summed E-state index contributed by atoms with van der Waals surface area (Å²) in [7, 11) is 2.27. The molecule has 2 heterocycles. The second kappa shape index (κ2) is 7.06. The van der Waals surface area contributed by atoms with Crippen LogP contribution in [0.5, 0.6) is 0 Å². The second-order valence-electron chi connectivity index (χ2n) is 9.24. The molecule has 2 saturated heterocycles. The van der Waals surface area contributed by atoms with E-state index >= 15 is 0 Å². The van der Waals surface area contributed by atoms with Crippen LogP contribution in [-0.2, 0) is 9.53 Å². The number of piperidine rings is 1. The first-order valence-corrected chi connectivity index (χ1v) is 10.7. The fourth-order valence-electron chi connectivity index (χ4n) is 6.43. The number of hydrogen-bond donors (Lipinski definition) is 0. The summed E-state index contributed by atoms with van der Waals surface area (Å²) in [6.07, 6.45) is 15.5. The number of likely N-dealkylation sites (tertiary alicyclic amines) is 1. The highest BCUT2D eigenvalue weighted by atomic mass is 16.6. The average molecular weight is 346 g/mol. The van der Waals surface area contributed by atoms with Gasteiger partial charge in [0.25, 0.3) is 0 Å². The van der Waals surface area contributed by atoms with Crippen molar-refractivity contribution in [1.29, 1.82) is 0 Å².